The van der Waals surface area contributed by atoms with Crippen LogP contribution >= 0.6 is 12.2 Å². The van der Waals surface area contributed by atoms with Gasteiger partial charge in [0.2, 0.25) is 0 Å². The Balaban J connectivity index is 1.43. The van der Waals surface area contributed by atoms with Gasteiger partial charge in [-0.2, -0.15) is 5.26 Å². The number of fused-ring (bicyclic) bond motifs is 1. The summed E-state index contributed by atoms with van der Waals surface area (Å²) < 4.78 is 50.8. The van der Waals surface area contributed by atoms with Gasteiger partial charge in [-0.25, -0.2) is 13.8 Å². The summed E-state index contributed by atoms with van der Waals surface area (Å²) in [5.41, 5.74) is 2.26. The van der Waals surface area contributed by atoms with Crippen LogP contribution in [0.25, 0.3) is 22.2 Å². The highest BCUT2D eigenvalue weighted by molar-refractivity contribution is 7.80. The molecule has 1 fully saturated rings. The van der Waals surface area contributed by atoms with Gasteiger partial charge in [0.25, 0.3) is 0 Å². The highest BCUT2D eigenvalue weighted by Gasteiger charge is 2.25. The maximum Gasteiger partial charge on any atom is 0.198 e. The minimum atomic E-state index is -1.32. The number of pyridine rings is 1. The molecule has 5 rings (SSSR count). The maximum atomic E-state index is 15.6. The molecule has 0 saturated heterocycles. The summed E-state index contributed by atoms with van der Waals surface area (Å²) in [6.07, 6.45) is 6.51. The summed E-state index contributed by atoms with van der Waals surface area (Å²) in [7, 11) is -1.32. The number of benzene rings is 2. The van der Waals surface area contributed by atoms with E-state index in [0.717, 1.165) is 24.6 Å². The molecule has 0 bridgehead atoms. The van der Waals surface area contributed by atoms with Crippen LogP contribution in [-0.2, 0) is 11.5 Å². The summed E-state index contributed by atoms with van der Waals surface area (Å²) in [5, 5.41) is 26.2. The number of nitrogens with zero attached hydrogens (tertiary/aromatic N) is 3. The molecule has 0 amide bonds. The Morgan fingerprint density at radius 1 is 1.14 bits per heavy atom. The van der Waals surface area contributed by atoms with Crippen molar-refractivity contribution in [3.63, 3.8) is 0 Å². The molecule has 0 aliphatic heterocycles. The first-order valence-corrected chi connectivity index (χ1v) is 21.1. The summed E-state index contributed by atoms with van der Waals surface area (Å²) in [5.74, 6) is -1.12. The Kier molecular flexibility index (Phi) is 12.1. The Hall–Kier alpha value is -4.09. The summed E-state index contributed by atoms with van der Waals surface area (Å²) in [6, 6.07) is 12.2. The molecule has 50 heavy (non-hydrogen) atoms. The maximum absolute atomic E-state index is 15.6. The van der Waals surface area contributed by atoms with E-state index in [4.69, 9.17) is 26.4 Å². The molecule has 0 radical (unpaired) electrons. The average Bonchev–Trinajstić information content (AvgIpc) is 3.80. The SMILES string of the molecule is CC(C)Oc1ccc(-c2cn(COCC[Si](C)(C)C)c3nccc(Oc4c(F)cc(NC(=S)NCC(CO)CC5CC5)cc4F)c23)cc1C#N. The second-order valence-corrected chi connectivity index (χ2v) is 20.3. The first-order chi connectivity index (χ1) is 23.8. The number of thiocarbonyl (C=S) groups is 1. The summed E-state index contributed by atoms with van der Waals surface area (Å²) in [6.45, 7) is 11.9. The highest BCUT2D eigenvalue weighted by Crippen LogP contribution is 2.41. The molecule has 2 aromatic carbocycles. The Morgan fingerprint density at radius 3 is 2.52 bits per heavy atom. The standard InChI is InChI=1S/C37H45F2N5O4SSi/c1-23(2)47-32-9-8-26(15-27(32)18-40)29-20-44(22-46-12-13-50(3,4)5)36-34(29)33(10-11-41-36)48-35-30(38)16-28(17-31(35)39)43-37(49)42-19-25(21-45)14-24-6-7-24/h8-11,15-17,20,23-25,45H,6-7,12-14,19,21-22H2,1-5H3,(H2,42,43,49). The van der Waals surface area contributed by atoms with Crippen LogP contribution in [0.5, 0.6) is 17.2 Å². The van der Waals surface area contributed by atoms with Gasteiger partial charge < -0.3 is 34.5 Å². The molecule has 1 aliphatic carbocycles. The van der Waals surface area contributed by atoms with Gasteiger partial charge in [-0.3, -0.25) is 0 Å². The molecule has 2 heterocycles. The van der Waals surface area contributed by atoms with E-state index >= 15 is 8.78 Å². The molecular formula is C37H45F2N5O4SSi. The highest BCUT2D eigenvalue weighted by atomic mass is 32.1. The van der Waals surface area contributed by atoms with Crippen molar-refractivity contribution in [1.29, 1.82) is 5.26 Å². The monoisotopic (exact) mass is 721 g/mol. The van der Waals surface area contributed by atoms with Crippen molar-refractivity contribution in [2.75, 3.05) is 25.1 Å². The third kappa shape index (κ3) is 9.78. The van der Waals surface area contributed by atoms with Gasteiger partial charge in [-0.15, -0.1) is 0 Å². The lowest BCUT2D eigenvalue weighted by Gasteiger charge is -2.17. The molecule has 1 atom stereocenters. The van der Waals surface area contributed by atoms with Gasteiger partial charge in [0.1, 0.15) is 29.9 Å². The van der Waals surface area contributed by atoms with Crippen LogP contribution in [0.15, 0.2) is 48.8 Å². The van der Waals surface area contributed by atoms with Crippen LogP contribution < -0.4 is 20.1 Å². The quantitative estimate of drug-likeness (QED) is 0.0596. The van der Waals surface area contributed by atoms with Crippen LogP contribution in [0.1, 0.15) is 38.7 Å². The lowest BCUT2D eigenvalue weighted by atomic mass is 10.0. The number of hydrogen-bond donors (Lipinski definition) is 3. The fourth-order valence-corrected chi connectivity index (χ4v) is 6.53. The molecule has 1 aliphatic rings. The van der Waals surface area contributed by atoms with Crippen molar-refractivity contribution in [3.8, 4) is 34.4 Å². The van der Waals surface area contributed by atoms with Crippen molar-refractivity contribution in [3.05, 3.63) is 66.0 Å². The van der Waals surface area contributed by atoms with E-state index in [1.165, 1.54) is 19.0 Å². The normalized spacial score (nSPS) is 13.7. The molecule has 4 aromatic rings. The minimum Gasteiger partial charge on any atom is -0.490 e. The number of rotatable bonds is 16. The van der Waals surface area contributed by atoms with Crippen LogP contribution in [0.2, 0.25) is 25.7 Å². The van der Waals surface area contributed by atoms with Gasteiger partial charge >= 0.3 is 0 Å². The third-order valence-corrected chi connectivity index (χ3v) is 10.3. The summed E-state index contributed by atoms with van der Waals surface area (Å²) in [4.78, 5) is 4.59. The van der Waals surface area contributed by atoms with Crippen molar-refractivity contribution in [1.82, 2.24) is 14.9 Å². The van der Waals surface area contributed by atoms with Gasteiger partial charge in [0.15, 0.2) is 22.5 Å². The second-order valence-electron chi connectivity index (χ2n) is 14.3. The van der Waals surface area contributed by atoms with Gasteiger partial charge in [0.05, 0.1) is 17.1 Å². The van der Waals surface area contributed by atoms with E-state index in [2.05, 4.69) is 41.3 Å². The zero-order chi connectivity index (χ0) is 36.0. The fourth-order valence-electron chi connectivity index (χ4n) is 5.57. The number of anilines is 1. The number of nitrogens with one attached hydrogen (secondary N) is 2. The Labute approximate surface area is 298 Å². The predicted octanol–water partition coefficient (Wildman–Crippen LogP) is 8.44. The third-order valence-electron chi connectivity index (χ3n) is 8.36. The van der Waals surface area contributed by atoms with Crippen molar-refractivity contribution >= 4 is 42.1 Å². The van der Waals surface area contributed by atoms with Crippen molar-refractivity contribution < 1.29 is 28.1 Å². The predicted molar refractivity (Wildman–Crippen MR) is 198 cm³/mol. The van der Waals surface area contributed by atoms with Crippen LogP contribution in [0.4, 0.5) is 14.5 Å². The molecule has 2 aromatic heterocycles. The minimum absolute atomic E-state index is 0.0394. The second kappa shape index (κ2) is 16.3. The molecule has 13 heteroatoms. The number of aliphatic hydroxyl groups is 1. The number of nitriles is 1. The average molecular weight is 722 g/mol. The molecule has 9 nitrogen and oxygen atoms in total. The summed E-state index contributed by atoms with van der Waals surface area (Å²) >= 11 is 5.35. The smallest absolute Gasteiger partial charge is 0.198 e. The number of aromatic nitrogens is 2. The number of aliphatic hydroxyl groups excluding tert-OH is 1. The van der Waals surface area contributed by atoms with Gasteiger partial charge in [-0.05, 0) is 74.1 Å². The van der Waals surface area contributed by atoms with Crippen molar-refractivity contribution in [2.45, 2.75) is 71.6 Å². The van der Waals surface area contributed by atoms with E-state index in [1.807, 2.05) is 30.7 Å². The Morgan fingerprint density at radius 2 is 1.88 bits per heavy atom. The number of hydrogen-bond acceptors (Lipinski definition) is 7. The first kappa shape index (κ1) is 37.2. The molecule has 1 saturated carbocycles. The van der Waals surface area contributed by atoms with E-state index in [9.17, 15) is 10.4 Å². The fraction of sp³-hybridized carbons (Fsp3) is 0.432. The topological polar surface area (TPSA) is 114 Å². The number of halogens is 2. The molecule has 266 valence electrons. The lowest BCUT2D eigenvalue weighted by molar-refractivity contribution is 0.0899. The molecular weight excluding hydrogens is 677 g/mol. The van der Waals surface area contributed by atoms with Crippen LogP contribution in [0, 0.1) is 34.8 Å². The van der Waals surface area contributed by atoms with E-state index in [1.54, 1.807) is 18.2 Å². The van der Waals surface area contributed by atoms with Crippen LogP contribution in [-0.4, -0.2) is 53.7 Å². The Bertz CT molecular complexity index is 1850. The van der Waals surface area contributed by atoms with Crippen molar-refractivity contribution in [2.24, 2.45) is 11.8 Å². The largest absolute Gasteiger partial charge is 0.490 e. The zero-order valence-corrected chi connectivity index (χ0v) is 31.0. The van der Waals surface area contributed by atoms with Crippen LogP contribution in [0.3, 0.4) is 0 Å². The zero-order valence-electron chi connectivity index (χ0n) is 29.2. The van der Waals surface area contributed by atoms with E-state index < -0.39 is 25.5 Å². The van der Waals surface area contributed by atoms with Gasteiger partial charge in [0, 0.05) is 63.6 Å². The van der Waals surface area contributed by atoms with E-state index in [0.29, 0.717) is 52.5 Å². The molecule has 1 unspecified atom stereocenters. The van der Waals surface area contributed by atoms with Gasteiger partial charge in [-0.1, -0.05) is 38.5 Å². The first-order valence-electron chi connectivity index (χ1n) is 16.9. The number of ether oxygens (including phenoxy) is 3. The van der Waals surface area contributed by atoms with E-state index in [-0.39, 0.29) is 41.9 Å². The molecule has 0 spiro atoms. The lowest BCUT2D eigenvalue weighted by Crippen LogP contribution is -2.34. The molecule has 3 N–H and O–H groups in total.